The van der Waals surface area contributed by atoms with Gasteiger partial charge in [0, 0.05) is 28.9 Å². The van der Waals surface area contributed by atoms with E-state index in [4.69, 9.17) is 11.6 Å². The van der Waals surface area contributed by atoms with Crippen LogP contribution in [0.1, 0.15) is 19.3 Å². The van der Waals surface area contributed by atoms with Gasteiger partial charge in [0.1, 0.15) is 0 Å². The minimum atomic E-state index is -0.284. The number of anilines is 1. The van der Waals surface area contributed by atoms with Gasteiger partial charge in [0.2, 0.25) is 17.7 Å². The Balaban J connectivity index is 1.35. The summed E-state index contributed by atoms with van der Waals surface area (Å²) in [5.41, 5.74) is 1.48. The number of nitrogens with zero attached hydrogens (tertiary/aromatic N) is 2. The number of thiazole rings is 1. The molecule has 28 heavy (non-hydrogen) atoms. The second-order valence-electron chi connectivity index (χ2n) is 6.80. The van der Waals surface area contributed by atoms with E-state index in [0.717, 1.165) is 5.56 Å². The molecule has 0 unspecified atom stereocenters. The number of carbonyl (C=O) groups excluding carboxylic acids is 3. The summed E-state index contributed by atoms with van der Waals surface area (Å²) in [5.74, 6) is -1.14. The number of amides is 3. The van der Waals surface area contributed by atoms with E-state index in [2.05, 4.69) is 10.3 Å². The number of aromatic nitrogens is 1. The van der Waals surface area contributed by atoms with E-state index < -0.39 is 0 Å². The van der Waals surface area contributed by atoms with Crippen molar-refractivity contribution in [2.45, 2.75) is 19.3 Å². The molecule has 1 N–H and O–H groups in total. The third-order valence-corrected chi connectivity index (χ3v) is 6.15. The SMILES string of the molecule is O=C(CCN1C(=O)[C@H]2CC=CC[C@@H]2C1=O)Nc1nc(-c2ccccc2Cl)cs1. The molecule has 4 rings (SSSR count). The maximum absolute atomic E-state index is 12.4. The van der Waals surface area contributed by atoms with Crippen molar-refractivity contribution in [2.75, 3.05) is 11.9 Å². The molecule has 3 amide bonds. The van der Waals surface area contributed by atoms with Crippen LogP contribution in [-0.4, -0.2) is 34.2 Å². The number of halogens is 1. The van der Waals surface area contributed by atoms with Gasteiger partial charge in [-0.15, -0.1) is 11.3 Å². The number of allylic oxidation sites excluding steroid dienone is 2. The van der Waals surface area contributed by atoms with Crippen LogP contribution in [0.5, 0.6) is 0 Å². The fourth-order valence-electron chi connectivity index (χ4n) is 3.61. The first-order chi connectivity index (χ1) is 13.5. The molecule has 8 heteroatoms. The van der Waals surface area contributed by atoms with Gasteiger partial charge < -0.3 is 5.32 Å². The van der Waals surface area contributed by atoms with Crippen LogP contribution in [0.3, 0.4) is 0 Å². The molecule has 2 heterocycles. The number of benzene rings is 1. The summed E-state index contributed by atoms with van der Waals surface area (Å²) in [6.07, 6.45) is 5.14. The standard InChI is InChI=1S/C20H18ClN3O3S/c21-15-8-4-3-7-14(15)16-11-28-20(22-16)23-17(25)9-10-24-18(26)12-5-1-2-6-13(12)19(24)27/h1-4,7-8,11-13H,5-6,9-10H2,(H,22,23,25)/t12-,13-/m0/s1. The Morgan fingerprint density at radius 1 is 1.18 bits per heavy atom. The number of rotatable bonds is 5. The molecule has 1 aromatic heterocycles. The van der Waals surface area contributed by atoms with Crippen LogP contribution in [-0.2, 0) is 14.4 Å². The van der Waals surface area contributed by atoms with Crippen molar-refractivity contribution in [2.24, 2.45) is 11.8 Å². The summed E-state index contributed by atoms with van der Waals surface area (Å²) in [5, 5.41) is 5.60. The highest BCUT2D eigenvalue weighted by Gasteiger charge is 2.46. The predicted molar refractivity (Wildman–Crippen MR) is 108 cm³/mol. The summed E-state index contributed by atoms with van der Waals surface area (Å²) in [7, 11) is 0. The van der Waals surface area contributed by atoms with Crippen LogP contribution in [0.2, 0.25) is 5.02 Å². The first kappa shape index (κ1) is 18.8. The molecule has 2 aromatic rings. The van der Waals surface area contributed by atoms with Gasteiger partial charge in [-0.2, -0.15) is 0 Å². The van der Waals surface area contributed by atoms with Gasteiger partial charge in [0.25, 0.3) is 0 Å². The average molecular weight is 416 g/mol. The fraction of sp³-hybridized carbons (Fsp3) is 0.300. The number of hydrogen-bond donors (Lipinski definition) is 1. The Kier molecular flexibility index (Phi) is 5.28. The number of carbonyl (C=O) groups is 3. The van der Waals surface area contributed by atoms with E-state index in [0.29, 0.717) is 28.7 Å². The highest BCUT2D eigenvalue weighted by molar-refractivity contribution is 7.14. The molecule has 144 valence electrons. The molecule has 1 aliphatic carbocycles. The summed E-state index contributed by atoms with van der Waals surface area (Å²) >= 11 is 7.48. The van der Waals surface area contributed by atoms with Gasteiger partial charge in [-0.3, -0.25) is 19.3 Å². The Hall–Kier alpha value is -2.51. The number of hydrogen-bond acceptors (Lipinski definition) is 5. The first-order valence-electron chi connectivity index (χ1n) is 9.05. The van der Waals surface area contributed by atoms with Crippen LogP contribution < -0.4 is 5.32 Å². The van der Waals surface area contributed by atoms with Crippen molar-refractivity contribution < 1.29 is 14.4 Å². The first-order valence-corrected chi connectivity index (χ1v) is 10.3. The molecule has 0 radical (unpaired) electrons. The fourth-order valence-corrected chi connectivity index (χ4v) is 4.57. The predicted octanol–water partition coefficient (Wildman–Crippen LogP) is 3.74. The van der Waals surface area contributed by atoms with Gasteiger partial charge in [-0.1, -0.05) is 42.0 Å². The quantitative estimate of drug-likeness (QED) is 0.595. The van der Waals surface area contributed by atoms with Crippen LogP contribution in [0.25, 0.3) is 11.3 Å². The number of fused-ring (bicyclic) bond motifs is 1. The van der Waals surface area contributed by atoms with Gasteiger partial charge in [0.05, 0.1) is 17.5 Å². The number of imide groups is 1. The molecule has 0 spiro atoms. The van der Waals surface area contributed by atoms with Gasteiger partial charge in [-0.05, 0) is 18.9 Å². The highest BCUT2D eigenvalue weighted by atomic mass is 35.5. The number of nitrogens with one attached hydrogen (secondary N) is 1. The van der Waals surface area contributed by atoms with E-state index in [1.807, 2.05) is 35.7 Å². The van der Waals surface area contributed by atoms with E-state index in [1.165, 1.54) is 16.2 Å². The molecular weight excluding hydrogens is 398 g/mol. The normalized spacial score (nSPS) is 21.1. The Bertz CT molecular complexity index is 945. The van der Waals surface area contributed by atoms with E-state index in [1.54, 1.807) is 6.07 Å². The Morgan fingerprint density at radius 2 is 1.86 bits per heavy atom. The summed E-state index contributed by atoms with van der Waals surface area (Å²) < 4.78 is 0. The zero-order valence-corrected chi connectivity index (χ0v) is 16.5. The third-order valence-electron chi connectivity index (χ3n) is 5.06. The third kappa shape index (κ3) is 3.59. The zero-order valence-electron chi connectivity index (χ0n) is 14.9. The van der Waals surface area contributed by atoms with E-state index in [9.17, 15) is 14.4 Å². The summed E-state index contributed by atoms with van der Waals surface area (Å²) in [6.45, 7) is 0.0965. The van der Waals surface area contributed by atoms with Crippen LogP contribution in [0.15, 0.2) is 41.8 Å². The lowest BCUT2D eigenvalue weighted by Crippen LogP contribution is -2.34. The van der Waals surface area contributed by atoms with Gasteiger partial charge >= 0.3 is 0 Å². The van der Waals surface area contributed by atoms with Crippen molar-refractivity contribution in [3.8, 4) is 11.3 Å². The molecule has 6 nitrogen and oxygen atoms in total. The summed E-state index contributed by atoms with van der Waals surface area (Å²) in [4.78, 5) is 42.8. The molecule has 2 aliphatic rings. The van der Waals surface area contributed by atoms with Crippen molar-refractivity contribution in [1.82, 2.24) is 9.88 Å². The van der Waals surface area contributed by atoms with Crippen molar-refractivity contribution in [3.63, 3.8) is 0 Å². The molecule has 1 aromatic carbocycles. The van der Waals surface area contributed by atoms with E-state index >= 15 is 0 Å². The Labute approximate surface area is 171 Å². The smallest absolute Gasteiger partial charge is 0.233 e. The minimum absolute atomic E-state index is 0.0470. The molecule has 0 bridgehead atoms. The largest absolute Gasteiger partial charge is 0.302 e. The maximum atomic E-state index is 12.4. The van der Waals surface area contributed by atoms with E-state index in [-0.39, 0.29) is 42.5 Å². The van der Waals surface area contributed by atoms with Crippen molar-refractivity contribution >= 4 is 45.8 Å². The van der Waals surface area contributed by atoms with Gasteiger partial charge in [-0.25, -0.2) is 4.98 Å². The maximum Gasteiger partial charge on any atom is 0.233 e. The molecule has 1 saturated heterocycles. The second-order valence-corrected chi connectivity index (χ2v) is 8.07. The molecule has 0 saturated carbocycles. The zero-order chi connectivity index (χ0) is 19.7. The lowest BCUT2D eigenvalue weighted by molar-refractivity contribution is -0.140. The van der Waals surface area contributed by atoms with Gasteiger partial charge in [0.15, 0.2) is 5.13 Å². The lowest BCUT2D eigenvalue weighted by Gasteiger charge is -2.14. The Morgan fingerprint density at radius 3 is 2.54 bits per heavy atom. The molecule has 1 fully saturated rings. The van der Waals surface area contributed by atoms with Crippen LogP contribution >= 0.6 is 22.9 Å². The van der Waals surface area contributed by atoms with Crippen molar-refractivity contribution in [1.29, 1.82) is 0 Å². The number of likely N-dealkylation sites (tertiary alicyclic amines) is 1. The van der Waals surface area contributed by atoms with Crippen LogP contribution in [0.4, 0.5) is 5.13 Å². The minimum Gasteiger partial charge on any atom is -0.302 e. The van der Waals surface area contributed by atoms with Crippen molar-refractivity contribution in [3.05, 3.63) is 46.8 Å². The highest BCUT2D eigenvalue weighted by Crippen LogP contribution is 2.35. The van der Waals surface area contributed by atoms with Crippen LogP contribution in [0, 0.1) is 11.8 Å². The molecule has 2 atom stereocenters. The average Bonchev–Trinajstić information content (AvgIpc) is 3.24. The topological polar surface area (TPSA) is 79.4 Å². The lowest BCUT2D eigenvalue weighted by atomic mass is 9.85. The molecular formula is C20H18ClN3O3S. The molecule has 1 aliphatic heterocycles. The monoisotopic (exact) mass is 415 g/mol. The second kappa shape index (κ2) is 7.85. The summed E-state index contributed by atoms with van der Waals surface area (Å²) in [6, 6.07) is 7.36.